The van der Waals surface area contributed by atoms with Crippen molar-refractivity contribution in [2.24, 2.45) is 0 Å². The zero-order valence-electron chi connectivity index (χ0n) is 12.2. The van der Waals surface area contributed by atoms with Gasteiger partial charge in [-0.25, -0.2) is 0 Å². The fraction of sp³-hybridized carbons (Fsp3) is 1.00. The van der Waals surface area contributed by atoms with Crippen molar-refractivity contribution in [1.29, 1.82) is 0 Å². The molecule has 0 aromatic carbocycles. The van der Waals surface area contributed by atoms with E-state index in [-0.39, 0.29) is 5.60 Å². The Kier molecular flexibility index (Phi) is 4.78. The number of nitrogens with one attached hydrogen (secondary N) is 1. The van der Waals surface area contributed by atoms with E-state index in [1.807, 2.05) is 0 Å². The van der Waals surface area contributed by atoms with Crippen LogP contribution >= 0.6 is 0 Å². The molecule has 0 radical (unpaired) electrons. The van der Waals surface area contributed by atoms with Crippen molar-refractivity contribution in [2.75, 3.05) is 19.8 Å². The van der Waals surface area contributed by atoms with E-state index < -0.39 is 0 Å². The second kappa shape index (κ2) is 6.55. The Morgan fingerprint density at radius 1 is 1.00 bits per heavy atom. The molecule has 1 heterocycles. The van der Waals surface area contributed by atoms with Crippen molar-refractivity contribution in [2.45, 2.75) is 82.0 Å². The second-order valence-electron chi connectivity index (χ2n) is 6.70. The molecule has 1 atom stereocenters. The van der Waals surface area contributed by atoms with Crippen molar-refractivity contribution in [3.63, 3.8) is 0 Å². The van der Waals surface area contributed by atoms with Gasteiger partial charge in [0.15, 0.2) is 0 Å². The molecule has 2 saturated carbocycles. The maximum atomic E-state index is 6.40. The standard InChI is InChI=1S/C16H29NO2/c1-3-9-16(10-4-1,13-17-14-7-8-14)19-12-15-6-2-5-11-18-15/h14-15,17H,1-13H2. The van der Waals surface area contributed by atoms with Gasteiger partial charge in [0.2, 0.25) is 0 Å². The zero-order valence-corrected chi connectivity index (χ0v) is 12.2. The van der Waals surface area contributed by atoms with E-state index in [4.69, 9.17) is 9.47 Å². The highest BCUT2D eigenvalue weighted by Gasteiger charge is 2.35. The summed E-state index contributed by atoms with van der Waals surface area (Å²) in [5, 5.41) is 3.69. The lowest BCUT2D eigenvalue weighted by Gasteiger charge is -2.39. The van der Waals surface area contributed by atoms with Crippen LogP contribution in [0.15, 0.2) is 0 Å². The molecule has 3 nitrogen and oxygen atoms in total. The molecule has 1 aliphatic heterocycles. The second-order valence-corrected chi connectivity index (χ2v) is 6.70. The van der Waals surface area contributed by atoms with Crippen LogP contribution in [0.1, 0.15) is 64.2 Å². The van der Waals surface area contributed by atoms with Gasteiger partial charge in [-0.2, -0.15) is 0 Å². The van der Waals surface area contributed by atoms with Gasteiger partial charge in [-0.15, -0.1) is 0 Å². The predicted molar refractivity (Wildman–Crippen MR) is 76.4 cm³/mol. The molecule has 3 fully saturated rings. The van der Waals surface area contributed by atoms with Crippen LogP contribution in [0.3, 0.4) is 0 Å². The maximum Gasteiger partial charge on any atom is 0.0808 e. The lowest BCUT2D eigenvalue weighted by Crippen LogP contribution is -2.47. The summed E-state index contributed by atoms with van der Waals surface area (Å²) >= 11 is 0. The molecule has 3 aliphatic rings. The highest BCUT2D eigenvalue weighted by Crippen LogP contribution is 2.33. The van der Waals surface area contributed by atoms with E-state index in [0.29, 0.717) is 6.10 Å². The van der Waals surface area contributed by atoms with Crippen LogP contribution < -0.4 is 5.32 Å². The van der Waals surface area contributed by atoms with Crippen molar-refractivity contribution in [3.05, 3.63) is 0 Å². The molecule has 2 aliphatic carbocycles. The summed E-state index contributed by atoms with van der Waals surface area (Å²) in [7, 11) is 0. The molecule has 0 aromatic rings. The molecule has 1 saturated heterocycles. The molecule has 0 aromatic heterocycles. The van der Waals surface area contributed by atoms with Crippen LogP contribution in [-0.4, -0.2) is 37.5 Å². The van der Waals surface area contributed by atoms with Gasteiger partial charge in [0.25, 0.3) is 0 Å². The third-order valence-corrected chi connectivity index (χ3v) is 4.90. The largest absolute Gasteiger partial charge is 0.376 e. The third kappa shape index (κ3) is 4.17. The van der Waals surface area contributed by atoms with Gasteiger partial charge in [-0.1, -0.05) is 19.3 Å². The molecule has 19 heavy (non-hydrogen) atoms. The van der Waals surface area contributed by atoms with E-state index in [0.717, 1.165) is 25.8 Å². The average molecular weight is 267 g/mol. The fourth-order valence-electron chi connectivity index (χ4n) is 3.39. The monoisotopic (exact) mass is 267 g/mol. The molecule has 3 heteroatoms. The first-order valence-electron chi connectivity index (χ1n) is 8.35. The van der Waals surface area contributed by atoms with E-state index in [2.05, 4.69) is 5.32 Å². The van der Waals surface area contributed by atoms with Crippen molar-refractivity contribution >= 4 is 0 Å². The lowest BCUT2D eigenvalue weighted by atomic mass is 9.84. The van der Waals surface area contributed by atoms with Gasteiger partial charge in [0.05, 0.1) is 18.3 Å². The normalized spacial score (nSPS) is 31.3. The molecule has 1 unspecified atom stereocenters. The SMILES string of the molecule is C1CCC(CNC2CC2)(OCC2CCCCO2)CC1. The highest BCUT2D eigenvalue weighted by atomic mass is 16.5. The van der Waals surface area contributed by atoms with Crippen molar-refractivity contribution in [1.82, 2.24) is 5.32 Å². The van der Waals surface area contributed by atoms with E-state index in [1.165, 1.54) is 64.2 Å². The minimum Gasteiger partial charge on any atom is -0.376 e. The molecule has 110 valence electrons. The van der Waals surface area contributed by atoms with Gasteiger partial charge < -0.3 is 14.8 Å². The lowest BCUT2D eigenvalue weighted by molar-refractivity contribution is -0.119. The smallest absolute Gasteiger partial charge is 0.0808 e. The molecule has 0 spiro atoms. The quantitative estimate of drug-likeness (QED) is 0.802. The first-order chi connectivity index (χ1) is 9.36. The summed E-state index contributed by atoms with van der Waals surface area (Å²) in [6.45, 7) is 2.80. The highest BCUT2D eigenvalue weighted by molar-refractivity contribution is 4.91. The Balaban J connectivity index is 1.48. The van der Waals surface area contributed by atoms with Crippen molar-refractivity contribution in [3.8, 4) is 0 Å². The van der Waals surface area contributed by atoms with Gasteiger partial charge in [0, 0.05) is 19.2 Å². The van der Waals surface area contributed by atoms with Crippen LogP contribution in [0.2, 0.25) is 0 Å². The average Bonchev–Trinajstić information content (AvgIpc) is 3.30. The minimum atomic E-state index is 0.113. The number of hydrogen-bond donors (Lipinski definition) is 1. The molecular weight excluding hydrogens is 238 g/mol. The minimum absolute atomic E-state index is 0.113. The summed E-state index contributed by atoms with van der Waals surface area (Å²) in [6.07, 6.45) is 13.3. The summed E-state index contributed by atoms with van der Waals surface area (Å²) in [5.74, 6) is 0. The maximum absolute atomic E-state index is 6.40. The molecule has 0 bridgehead atoms. The van der Waals surface area contributed by atoms with Crippen LogP contribution in [0.4, 0.5) is 0 Å². The summed E-state index contributed by atoms with van der Waals surface area (Å²) in [6, 6.07) is 0.785. The van der Waals surface area contributed by atoms with E-state index >= 15 is 0 Å². The van der Waals surface area contributed by atoms with E-state index in [1.54, 1.807) is 0 Å². The predicted octanol–water partition coefficient (Wildman–Crippen LogP) is 3.03. The Morgan fingerprint density at radius 3 is 2.53 bits per heavy atom. The Morgan fingerprint density at radius 2 is 1.84 bits per heavy atom. The first-order valence-corrected chi connectivity index (χ1v) is 8.35. The van der Waals surface area contributed by atoms with Crippen LogP contribution in [0.5, 0.6) is 0 Å². The topological polar surface area (TPSA) is 30.5 Å². The Labute approximate surface area is 117 Å². The van der Waals surface area contributed by atoms with Gasteiger partial charge in [-0.3, -0.25) is 0 Å². The van der Waals surface area contributed by atoms with Gasteiger partial charge in [0.1, 0.15) is 0 Å². The molecular formula is C16H29NO2. The summed E-state index contributed by atoms with van der Waals surface area (Å²) in [4.78, 5) is 0. The van der Waals surface area contributed by atoms with E-state index in [9.17, 15) is 0 Å². The number of ether oxygens (including phenoxy) is 2. The van der Waals surface area contributed by atoms with Crippen LogP contribution in [0, 0.1) is 0 Å². The number of hydrogen-bond acceptors (Lipinski definition) is 3. The number of rotatable bonds is 6. The van der Waals surface area contributed by atoms with Gasteiger partial charge >= 0.3 is 0 Å². The molecule has 0 amide bonds. The van der Waals surface area contributed by atoms with Gasteiger partial charge in [-0.05, 0) is 44.9 Å². The third-order valence-electron chi connectivity index (χ3n) is 4.90. The van der Waals surface area contributed by atoms with Crippen molar-refractivity contribution < 1.29 is 9.47 Å². The zero-order chi connectivity index (χ0) is 13.0. The summed E-state index contributed by atoms with van der Waals surface area (Å²) < 4.78 is 12.2. The fourth-order valence-corrected chi connectivity index (χ4v) is 3.39. The first kappa shape index (κ1) is 13.8. The van der Waals surface area contributed by atoms with Crippen LogP contribution in [-0.2, 0) is 9.47 Å². The Hall–Kier alpha value is -0.120. The molecule has 3 rings (SSSR count). The Bertz CT molecular complexity index is 266. The summed E-state index contributed by atoms with van der Waals surface area (Å²) in [5.41, 5.74) is 0.113. The molecule has 1 N–H and O–H groups in total. The van der Waals surface area contributed by atoms with Crippen LogP contribution in [0.25, 0.3) is 0 Å².